The highest BCUT2D eigenvalue weighted by Gasteiger charge is 2.18. The molecule has 1 atom stereocenters. The Bertz CT molecular complexity index is 364. The summed E-state index contributed by atoms with van der Waals surface area (Å²) in [7, 11) is 0. The fourth-order valence-corrected chi connectivity index (χ4v) is 1.75. The minimum atomic E-state index is -2.50. The Labute approximate surface area is 105 Å². The van der Waals surface area contributed by atoms with Crippen LogP contribution in [0, 0.1) is 0 Å². The van der Waals surface area contributed by atoms with E-state index in [2.05, 4.69) is 0 Å². The molecule has 0 aromatic heterocycles. The number of hydrogen-bond acceptors (Lipinski definition) is 4. The number of alkyl halides is 2. The van der Waals surface area contributed by atoms with Gasteiger partial charge >= 0.3 is 0 Å². The van der Waals surface area contributed by atoms with Gasteiger partial charge in [0.2, 0.25) is 0 Å². The van der Waals surface area contributed by atoms with Gasteiger partial charge in [-0.2, -0.15) is 0 Å². The zero-order chi connectivity index (χ0) is 13.5. The summed E-state index contributed by atoms with van der Waals surface area (Å²) < 4.78 is 24.6. The molecule has 1 aromatic carbocycles. The Balaban J connectivity index is 2.66. The molecule has 0 aliphatic carbocycles. The van der Waals surface area contributed by atoms with Crippen molar-refractivity contribution in [3.63, 3.8) is 0 Å². The fourth-order valence-electron chi connectivity index (χ4n) is 1.75. The van der Waals surface area contributed by atoms with Gasteiger partial charge in [-0.15, -0.1) is 0 Å². The van der Waals surface area contributed by atoms with E-state index in [1.807, 2.05) is 0 Å². The summed E-state index contributed by atoms with van der Waals surface area (Å²) in [6.45, 7) is -0.610. The highest BCUT2D eigenvalue weighted by atomic mass is 19.3. The molecule has 102 valence electrons. The van der Waals surface area contributed by atoms with Gasteiger partial charge in [0.05, 0.1) is 19.3 Å². The number of nitrogen functional groups attached to an aromatic ring is 1. The van der Waals surface area contributed by atoms with Gasteiger partial charge in [-0.25, -0.2) is 8.78 Å². The van der Waals surface area contributed by atoms with Crippen LogP contribution in [-0.4, -0.2) is 47.8 Å². The second kappa shape index (κ2) is 7.25. The predicted molar refractivity (Wildman–Crippen MR) is 65.3 cm³/mol. The van der Waals surface area contributed by atoms with Crippen LogP contribution in [0.25, 0.3) is 0 Å². The molecule has 4 nitrogen and oxygen atoms in total. The van der Waals surface area contributed by atoms with E-state index in [4.69, 9.17) is 10.8 Å². The minimum Gasteiger partial charge on any atom is -0.398 e. The fraction of sp³-hybridized carbons (Fsp3) is 0.500. The quantitative estimate of drug-likeness (QED) is 0.636. The second-order valence-corrected chi connectivity index (χ2v) is 4.02. The summed E-state index contributed by atoms with van der Waals surface area (Å²) in [6, 6.07) is 6.75. The lowest BCUT2D eigenvalue weighted by Crippen LogP contribution is -2.35. The van der Waals surface area contributed by atoms with Gasteiger partial charge < -0.3 is 15.9 Å². The SMILES string of the molecule is Nc1ccccc1C(O)CN(CCO)CC(F)F. The van der Waals surface area contributed by atoms with Crippen LogP contribution in [0.5, 0.6) is 0 Å². The van der Waals surface area contributed by atoms with Crippen molar-refractivity contribution in [2.75, 3.05) is 32.0 Å². The summed E-state index contributed by atoms with van der Waals surface area (Å²) in [6.07, 6.45) is -3.45. The van der Waals surface area contributed by atoms with E-state index < -0.39 is 19.1 Å². The van der Waals surface area contributed by atoms with E-state index in [1.54, 1.807) is 24.3 Å². The Morgan fingerprint density at radius 2 is 1.89 bits per heavy atom. The molecule has 1 unspecified atom stereocenters. The molecule has 0 amide bonds. The first-order valence-electron chi connectivity index (χ1n) is 5.68. The monoisotopic (exact) mass is 260 g/mol. The van der Waals surface area contributed by atoms with Crippen LogP contribution in [-0.2, 0) is 0 Å². The molecule has 0 heterocycles. The Morgan fingerprint density at radius 3 is 2.44 bits per heavy atom. The van der Waals surface area contributed by atoms with Crippen LogP contribution in [0.15, 0.2) is 24.3 Å². The van der Waals surface area contributed by atoms with Gasteiger partial charge in [0, 0.05) is 24.3 Å². The topological polar surface area (TPSA) is 69.7 Å². The number of halogens is 2. The number of aliphatic hydroxyl groups is 2. The van der Waals surface area contributed by atoms with Crippen LogP contribution >= 0.6 is 0 Å². The maximum atomic E-state index is 12.3. The van der Waals surface area contributed by atoms with Crippen molar-refractivity contribution >= 4 is 5.69 Å². The van der Waals surface area contributed by atoms with Crippen molar-refractivity contribution in [2.45, 2.75) is 12.5 Å². The Hall–Kier alpha value is -1.24. The van der Waals surface area contributed by atoms with E-state index in [0.29, 0.717) is 11.3 Å². The van der Waals surface area contributed by atoms with Gasteiger partial charge in [-0.1, -0.05) is 18.2 Å². The lowest BCUT2D eigenvalue weighted by atomic mass is 10.1. The Morgan fingerprint density at radius 1 is 1.22 bits per heavy atom. The third-order valence-electron chi connectivity index (χ3n) is 2.60. The number of hydrogen-bond donors (Lipinski definition) is 3. The third kappa shape index (κ3) is 4.56. The molecule has 0 fully saturated rings. The van der Waals surface area contributed by atoms with Crippen LogP contribution in [0.2, 0.25) is 0 Å². The molecule has 0 radical (unpaired) electrons. The van der Waals surface area contributed by atoms with Gasteiger partial charge in [-0.05, 0) is 6.07 Å². The molecule has 0 saturated carbocycles. The summed E-state index contributed by atoms with van der Waals surface area (Å²) in [4.78, 5) is 1.31. The molecule has 0 bridgehead atoms. The maximum Gasteiger partial charge on any atom is 0.251 e. The molecule has 0 spiro atoms. The maximum absolute atomic E-state index is 12.3. The van der Waals surface area contributed by atoms with Crippen molar-refractivity contribution in [1.29, 1.82) is 0 Å². The molecular formula is C12H18F2N2O2. The highest BCUT2D eigenvalue weighted by molar-refractivity contribution is 5.47. The van der Waals surface area contributed by atoms with E-state index in [0.717, 1.165) is 0 Å². The number of para-hydroxylation sites is 1. The van der Waals surface area contributed by atoms with E-state index in [1.165, 1.54) is 4.90 Å². The second-order valence-electron chi connectivity index (χ2n) is 4.02. The molecule has 0 saturated heterocycles. The molecular weight excluding hydrogens is 242 g/mol. The molecule has 0 aliphatic rings. The van der Waals surface area contributed by atoms with Gasteiger partial charge in [0.1, 0.15) is 0 Å². The molecule has 4 N–H and O–H groups in total. The Kier molecular flexibility index (Phi) is 5.97. The van der Waals surface area contributed by atoms with E-state index >= 15 is 0 Å². The normalized spacial score (nSPS) is 13.2. The summed E-state index contributed by atoms with van der Waals surface area (Å²) in [5, 5.41) is 18.8. The molecule has 1 rings (SSSR count). The van der Waals surface area contributed by atoms with Crippen molar-refractivity contribution in [3.8, 4) is 0 Å². The van der Waals surface area contributed by atoms with Crippen LogP contribution in [0.4, 0.5) is 14.5 Å². The van der Waals surface area contributed by atoms with Crippen molar-refractivity contribution < 1.29 is 19.0 Å². The first-order chi connectivity index (χ1) is 8.54. The lowest BCUT2D eigenvalue weighted by molar-refractivity contribution is 0.0463. The number of benzene rings is 1. The predicted octanol–water partition coefficient (Wildman–Crippen LogP) is 0.862. The van der Waals surface area contributed by atoms with Crippen molar-refractivity contribution in [3.05, 3.63) is 29.8 Å². The average molecular weight is 260 g/mol. The summed E-state index contributed by atoms with van der Waals surface area (Å²) in [5.74, 6) is 0. The molecule has 0 aliphatic heterocycles. The van der Waals surface area contributed by atoms with Crippen LogP contribution in [0.1, 0.15) is 11.7 Å². The number of nitrogens with zero attached hydrogens (tertiary/aromatic N) is 1. The number of aliphatic hydroxyl groups excluding tert-OH is 2. The molecule has 1 aromatic rings. The summed E-state index contributed by atoms with van der Waals surface area (Å²) >= 11 is 0. The third-order valence-corrected chi connectivity index (χ3v) is 2.60. The smallest absolute Gasteiger partial charge is 0.251 e. The van der Waals surface area contributed by atoms with Gasteiger partial charge in [-0.3, -0.25) is 4.90 Å². The van der Waals surface area contributed by atoms with Crippen molar-refractivity contribution in [2.24, 2.45) is 0 Å². The number of anilines is 1. The first-order valence-corrected chi connectivity index (χ1v) is 5.68. The van der Waals surface area contributed by atoms with Gasteiger partial charge in [0.25, 0.3) is 6.43 Å². The average Bonchev–Trinajstić information content (AvgIpc) is 2.28. The van der Waals surface area contributed by atoms with Crippen LogP contribution in [0.3, 0.4) is 0 Å². The number of nitrogens with two attached hydrogens (primary N) is 1. The minimum absolute atomic E-state index is 0.0130. The standard InChI is InChI=1S/C12H18F2N2O2/c13-12(14)8-16(5-6-17)7-11(18)9-3-1-2-4-10(9)15/h1-4,11-12,17-18H,5-8,15H2. The molecule has 6 heteroatoms. The zero-order valence-electron chi connectivity index (χ0n) is 9.97. The zero-order valence-corrected chi connectivity index (χ0v) is 9.97. The highest BCUT2D eigenvalue weighted by Crippen LogP contribution is 2.20. The van der Waals surface area contributed by atoms with E-state index in [9.17, 15) is 13.9 Å². The lowest BCUT2D eigenvalue weighted by Gasteiger charge is -2.24. The largest absolute Gasteiger partial charge is 0.398 e. The number of rotatable bonds is 7. The van der Waals surface area contributed by atoms with Crippen LogP contribution < -0.4 is 5.73 Å². The van der Waals surface area contributed by atoms with E-state index in [-0.39, 0.29) is 19.7 Å². The van der Waals surface area contributed by atoms with Gasteiger partial charge in [0.15, 0.2) is 0 Å². The first kappa shape index (κ1) is 14.8. The summed E-state index contributed by atoms with van der Waals surface area (Å²) in [5.41, 5.74) is 6.63. The van der Waals surface area contributed by atoms with Crippen molar-refractivity contribution in [1.82, 2.24) is 4.90 Å². The molecule has 18 heavy (non-hydrogen) atoms.